The van der Waals surface area contributed by atoms with Gasteiger partial charge in [-0.15, -0.1) is 0 Å². The van der Waals surface area contributed by atoms with Crippen molar-refractivity contribution in [2.75, 3.05) is 20.8 Å². The van der Waals surface area contributed by atoms with E-state index in [-0.39, 0.29) is 28.6 Å². The van der Waals surface area contributed by atoms with Crippen LogP contribution in [0.25, 0.3) is 0 Å². The second kappa shape index (κ2) is 6.12. The summed E-state index contributed by atoms with van der Waals surface area (Å²) in [6.07, 6.45) is 0. The molecule has 0 N–H and O–H groups in total. The normalized spacial score (nSPS) is 10.9. The smallest absolute Gasteiger partial charge is 0.338 e. The molecule has 0 aromatic heterocycles. The third kappa shape index (κ3) is 3.51. The lowest BCUT2D eigenvalue weighted by atomic mass is 10.2. The molecule has 8 heteroatoms. The van der Waals surface area contributed by atoms with E-state index in [0.717, 1.165) is 6.07 Å². The molecule has 6 nitrogen and oxygen atoms in total. The van der Waals surface area contributed by atoms with E-state index in [4.69, 9.17) is 24.9 Å². The van der Waals surface area contributed by atoms with Crippen molar-refractivity contribution in [3.05, 3.63) is 17.7 Å². The van der Waals surface area contributed by atoms with Gasteiger partial charge in [-0.3, -0.25) is 0 Å². The number of hydrogen-bond donors (Lipinski definition) is 0. The number of esters is 1. The van der Waals surface area contributed by atoms with Gasteiger partial charge in [-0.25, -0.2) is 13.2 Å². The average molecular weight is 309 g/mol. The summed E-state index contributed by atoms with van der Waals surface area (Å²) in [6, 6.07) is 2.41. The molecule has 0 spiro atoms. The summed E-state index contributed by atoms with van der Waals surface area (Å²) in [5.74, 6) is -0.664. The van der Waals surface area contributed by atoms with E-state index in [1.807, 2.05) is 0 Å². The number of carbonyl (C=O) groups is 1. The number of rotatable bonds is 5. The van der Waals surface area contributed by atoms with Crippen LogP contribution in [0.15, 0.2) is 17.0 Å². The molecule has 0 aliphatic heterocycles. The number of ether oxygens (including phenoxy) is 3. The molecule has 0 heterocycles. The summed E-state index contributed by atoms with van der Waals surface area (Å²) in [7, 11) is 3.81. The molecule has 0 radical (unpaired) electrons. The molecule has 0 amide bonds. The zero-order valence-electron chi connectivity index (χ0n) is 10.6. The highest BCUT2D eigenvalue weighted by Gasteiger charge is 2.24. The monoisotopic (exact) mass is 308 g/mol. The topological polar surface area (TPSA) is 78.9 Å². The summed E-state index contributed by atoms with van der Waals surface area (Å²) >= 11 is 0. The van der Waals surface area contributed by atoms with Gasteiger partial charge in [-0.1, -0.05) is 0 Å². The lowest BCUT2D eigenvalue weighted by Gasteiger charge is -2.12. The molecule has 1 rings (SSSR count). The second-order valence-corrected chi connectivity index (χ2v) is 5.90. The molecule has 0 saturated heterocycles. The van der Waals surface area contributed by atoms with Crippen LogP contribution in [-0.2, 0) is 13.8 Å². The standard InChI is InChI=1S/C11H13ClO6S/c1-4-18-11(13)7-5-8(16-2)10(17-3)9(6-7)19(12,14)15/h5-6H,4H2,1-3H3. The van der Waals surface area contributed by atoms with Gasteiger partial charge in [0.05, 0.1) is 26.4 Å². The second-order valence-electron chi connectivity index (χ2n) is 3.37. The predicted molar refractivity (Wildman–Crippen MR) is 68.5 cm³/mol. The van der Waals surface area contributed by atoms with Crippen LogP contribution < -0.4 is 9.47 Å². The van der Waals surface area contributed by atoms with Crippen LogP contribution in [0.4, 0.5) is 0 Å². The van der Waals surface area contributed by atoms with E-state index in [9.17, 15) is 13.2 Å². The number of carbonyl (C=O) groups excluding carboxylic acids is 1. The van der Waals surface area contributed by atoms with Crippen molar-refractivity contribution >= 4 is 25.7 Å². The van der Waals surface area contributed by atoms with Gasteiger partial charge in [-0.2, -0.15) is 0 Å². The maximum atomic E-state index is 11.6. The number of benzene rings is 1. The number of hydrogen-bond acceptors (Lipinski definition) is 6. The van der Waals surface area contributed by atoms with E-state index in [0.29, 0.717) is 0 Å². The van der Waals surface area contributed by atoms with Crippen molar-refractivity contribution in [2.45, 2.75) is 11.8 Å². The van der Waals surface area contributed by atoms with Gasteiger partial charge in [0.25, 0.3) is 9.05 Å². The minimum absolute atomic E-state index is 0.0127. The third-order valence-corrected chi connectivity index (χ3v) is 3.55. The fourth-order valence-corrected chi connectivity index (χ4v) is 2.46. The Morgan fingerprint density at radius 1 is 1.26 bits per heavy atom. The fourth-order valence-electron chi connectivity index (χ4n) is 1.44. The Bertz CT molecular complexity index is 581. The van der Waals surface area contributed by atoms with Gasteiger partial charge < -0.3 is 14.2 Å². The van der Waals surface area contributed by atoms with Crippen LogP contribution in [0.3, 0.4) is 0 Å². The van der Waals surface area contributed by atoms with Crippen LogP contribution in [0.2, 0.25) is 0 Å². The van der Waals surface area contributed by atoms with Crippen LogP contribution >= 0.6 is 10.7 Å². The van der Waals surface area contributed by atoms with Crippen molar-refractivity contribution in [3.63, 3.8) is 0 Å². The Morgan fingerprint density at radius 2 is 1.89 bits per heavy atom. The van der Waals surface area contributed by atoms with Gasteiger partial charge in [0, 0.05) is 10.7 Å². The molecule has 1 aromatic carbocycles. The Labute approximate surface area is 115 Å². The van der Waals surface area contributed by atoms with Gasteiger partial charge in [-0.05, 0) is 19.1 Å². The molecule has 0 fully saturated rings. The van der Waals surface area contributed by atoms with E-state index in [1.54, 1.807) is 6.92 Å². The lowest BCUT2D eigenvalue weighted by Crippen LogP contribution is -2.08. The highest BCUT2D eigenvalue weighted by Crippen LogP contribution is 2.37. The zero-order valence-corrected chi connectivity index (χ0v) is 12.2. The van der Waals surface area contributed by atoms with Gasteiger partial charge in [0.1, 0.15) is 4.90 Å². The molecule has 0 aliphatic rings. The maximum absolute atomic E-state index is 11.6. The summed E-state index contributed by atoms with van der Waals surface area (Å²) in [5.41, 5.74) is 0.0127. The van der Waals surface area contributed by atoms with Crippen molar-refractivity contribution < 1.29 is 27.4 Å². The Balaban J connectivity index is 3.52. The average Bonchev–Trinajstić information content (AvgIpc) is 2.36. The largest absolute Gasteiger partial charge is 0.493 e. The van der Waals surface area contributed by atoms with E-state index >= 15 is 0 Å². The first-order chi connectivity index (χ1) is 8.85. The molecule has 1 aromatic rings. The van der Waals surface area contributed by atoms with Gasteiger partial charge >= 0.3 is 5.97 Å². The van der Waals surface area contributed by atoms with Gasteiger partial charge in [0.15, 0.2) is 11.5 Å². The predicted octanol–water partition coefficient (Wildman–Crippen LogP) is 1.81. The Morgan fingerprint density at radius 3 is 2.32 bits per heavy atom. The Kier molecular flexibility index (Phi) is 5.02. The number of halogens is 1. The molecule has 0 unspecified atom stereocenters. The van der Waals surface area contributed by atoms with Crippen molar-refractivity contribution in [1.82, 2.24) is 0 Å². The first kappa shape index (κ1) is 15.6. The first-order valence-electron chi connectivity index (χ1n) is 5.23. The highest BCUT2D eigenvalue weighted by atomic mass is 35.7. The van der Waals surface area contributed by atoms with E-state index < -0.39 is 15.0 Å². The fraction of sp³-hybridized carbons (Fsp3) is 0.364. The van der Waals surface area contributed by atoms with Crippen LogP contribution in [0, 0.1) is 0 Å². The molecule has 0 saturated carbocycles. The van der Waals surface area contributed by atoms with Crippen molar-refractivity contribution in [3.8, 4) is 11.5 Å². The quantitative estimate of drug-likeness (QED) is 0.609. The summed E-state index contributed by atoms with van der Waals surface area (Å²) < 4.78 is 37.7. The highest BCUT2D eigenvalue weighted by molar-refractivity contribution is 8.13. The molecular formula is C11H13ClO6S. The zero-order chi connectivity index (χ0) is 14.6. The Hall–Kier alpha value is -1.47. The van der Waals surface area contributed by atoms with Crippen LogP contribution in [0.5, 0.6) is 11.5 Å². The SMILES string of the molecule is CCOC(=O)c1cc(OC)c(OC)c(S(=O)(=O)Cl)c1. The van der Waals surface area contributed by atoms with E-state index in [1.165, 1.54) is 20.3 Å². The summed E-state index contributed by atoms with van der Waals surface area (Å²) in [6.45, 7) is 1.80. The van der Waals surface area contributed by atoms with Crippen LogP contribution in [0.1, 0.15) is 17.3 Å². The first-order valence-corrected chi connectivity index (χ1v) is 7.53. The minimum atomic E-state index is -4.09. The molecule has 19 heavy (non-hydrogen) atoms. The molecule has 0 bridgehead atoms. The van der Waals surface area contributed by atoms with Gasteiger partial charge in [0.2, 0.25) is 0 Å². The summed E-state index contributed by atoms with van der Waals surface area (Å²) in [5, 5.41) is 0. The third-order valence-electron chi connectivity index (χ3n) is 2.22. The summed E-state index contributed by atoms with van der Waals surface area (Å²) in [4.78, 5) is 11.3. The molecule has 0 aliphatic carbocycles. The molecular weight excluding hydrogens is 296 g/mol. The minimum Gasteiger partial charge on any atom is -0.493 e. The van der Waals surface area contributed by atoms with E-state index in [2.05, 4.69) is 0 Å². The molecule has 106 valence electrons. The van der Waals surface area contributed by atoms with Crippen molar-refractivity contribution in [1.29, 1.82) is 0 Å². The lowest BCUT2D eigenvalue weighted by molar-refractivity contribution is 0.0525. The molecule has 0 atom stereocenters. The maximum Gasteiger partial charge on any atom is 0.338 e. The van der Waals surface area contributed by atoms with Crippen molar-refractivity contribution in [2.24, 2.45) is 0 Å². The number of methoxy groups -OCH3 is 2. The van der Waals surface area contributed by atoms with Crippen LogP contribution in [-0.4, -0.2) is 35.2 Å².